The smallest absolute Gasteiger partial charge is 0.243 e. The fourth-order valence-corrected chi connectivity index (χ4v) is 4.74. The van der Waals surface area contributed by atoms with E-state index in [-0.39, 0.29) is 5.92 Å². The number of nitrogens with zero attached hydrogens (tertiary/aromatic N) is 3. The van der Waals surface area contributed by atoms with Crippen molar-refractivity contribution < 1.29 is 8.42 Å². The van der Waals surface area contributed by atoms with Crippen molar-refractivity contribution in [2.45, 2.75) is 43.5 Å². The largest absolute Gasteiger partial charge is 0.332 e. The van der Waals surface area contributed by atoms with Crippen LogP contribution in [-0.2, 0) is 10.0 Å². The molecule has 23 heavy (non-hydrogen) atoms. The summed E-state index contributed by atoms with van der Waals surface area (Å²) >= 11 is 0. The van der Waals surface area contributed by atoms with Crippen LogP contribution in [0.5, 0.6) is 0 Å². The molecule has 1 aliphatic rings. The van der Waals surface area contributed by atoms with Gasteiger partial charge in [0.2, 0.25) is 10.0 Å². The van der Waals surface area contributed by atoms with E-state index >= 15 is 0 Å². The molecule has 1 saturated heterocycles. The average molecular weight is 333 g/mol. The first-order valence-corrected chi connectivity index (χ1v) is 9.52. The molecule has 1 atom stereocenters. The highest BCUT2D eigenvalue weighted by Crippen LogP contribution is 2.30. The maximum Gasteiger partial charge on any atom is 0.243 e. The maximum absolute atomic E-state index is 12.8. The third-order valence-corrected chi connectivity index (χ3v) is 6.26. The zero-order chi connectivity index (χ0) is 16.4. The fraction of sp³-hybridized carbons (Fsp3) is 0.471. The molecule has 2 heterocycles. The minimum atomic E-state index is -3.42. The molecule has 1 unspecified atom stereocenters. The molecule has 0 radical (unpaired) electrons. The van der Waals surface area contributed by atoms with E-state index in [9.17, 15) is 8.42 Å². The van der Waals surface area contributed by atoms with E-state index in [1.807, 2.05) is 12.3 Å². The normalized spacial score (nSPS) is 20.0. The first-order chi connectivity index (χ1) is 11.0. The number of piperidine rings is 1. The zero-order valence-electron chi connectivity index (χ0n) is 13.6. The molecule has 6 heteroatoms. The number of rotatable bonds is 4. The van der Waals surface area contributed by atoms with Gasteiger partial charge in [-0.1, -0.05) is 18.2 Å². The first kappa shape index (κ1) is 16.2. The Balaban J connectivity index is 1.85. The lowest BCUT2D eigenvalue weighted by atomic mass is 9.98. The van der Waals surface area contributed by atoms with Crippen molar-refractivity contribution in [1.82, 2.24) is 13.9 Å². The highest BCUT2D eigenvalue weighted by atomic mass is 32.2. The lowest BCUT2D eigenvalue weighted by Crippen LogP contribution is -2.39. The van der Waals surface area contributed by atoms with Crippen LogP contribution in [0, 0.1) is 0 Å². The van der Waals surface area contributed by atoms with Crippen LogP contribution in [0.4, 0.5) is 0 Å². The van der Waals surface area contributed by atoms with Crippen molar-refractivity contribution in [1.29, 1.82) is 0 Å². The van der Waals surface area contributed by atoms with Gasteiger partial charge in [0.05, 0.1) is 4.90 Å². The lowest BCUT2D eigenvalue weighted by Gasteiger charge is -2.32. The SMILES string of the molecule is CC(C)n1ccnc1C1CCCN(S(=O)(=O)c2ccccc2)C1. The van der Waals surface area contributed by atoms with Gasteiger partial charge >= 0.3 is 0 Å². The van der Waals surface area contributed by atoms with Crippen molar-refractivity contribution in [3.8, 4) is 0 Å². The summed E-state index contributed by atoms with van der Waals surface area (Å²) in [5.41, 5.74) is 0. The van der Waals surface area contributed by atoms with Crippen LogP contribution >= 0.6 is 0 Å². The Morgan fingerprint density at radius 3 is 2.65 bits per heavy atom. The van der Waals surface area contributed by atoms with Crippen LogP contribution in [0.15, 0.2) is 47.6 Å². The molecule has 0 spiro atoms. The third-order valence-electron chi connectivity index (χ3n) is 4.39. The van der Waals surface area contributed by atoms with E-state index in [0.717, 1.165) is 18.7 Å². The molecule has 5 nitrogen and oxygen atoms in total. The highest BCUT2D eigenvalue weighted by Gasteiger charge is 2.32. The molecule has 0 aliphatic carbocycles. The molecule has 0 amide bonds. The van der Waals surface area contributed by atoms with Crippen molar-refractivity contribution in [2.75, 3.05) is 13.1 Å². The first-order valence-electron chi connectivity index (χ1n) is 8.08. The predicted molar refractivity (Wildman–Crippen MR) is 89.8 cm³/mol. The number of hydrogen-bond acceptors (Lipinski definition) is 3. The number of imidazole rings is 1. The summed E-state index contributed by atoms with van der Waals surface area (Å²) in [6.45, 7) is 5.32. The molecular formula is C17H23N3O2S. The quantitative estimate of drug-likeness (QED) is 0.864. The zero-order valence-corrected chi connectivity index (χ0v) is 14.4. The molecule has 1 aromatic carbocycles. The van der Waals surface area contributed by atoms with Gasteiger partial charge in [-0.2, -0.15) is 4.31 Å². The van der Waals surface area contributed by atoms with Crippen LogP contribution in [0.3, 0.4) is 0 Å². The number of benzene rings is 1. The Labute approximate surface area is 138 Å². The fourth-order valence-electron chi connectivity index (χ4n) is 3.19. The molecule has 2 aromatic rings. The van der Waals surface area contributed by atoms with Crippen LogP contribution in [0.25, 0.3) is 0 Å². The minimum Gasteiger partial charge on any atom is -0.332 e. The summed E-state index contributed by atoms with van der Waals surface area (Å²) < 4.78 is 29.4. The van der Waals surface area contributed by atoms with E-state index in [4.69, 9.17) is 0 Å². The van der Waals surface area contributed by atoms with E-state index in [1.54, 1.807) is 34.8 Å². The third kappa shape index (κ3) is 3.19. The molecule has 1 aliphatic heterocycles. The van der Waals surface area contributed by atoms with E-state index in [0.29, 0.717) is 24.0 Å². The van der Waals surface area contributed by atoms with Crippen molar-refractivity contribution in [2.24, 2.45) is 0 Å². The second kappa shape index (κ2) is 6.45. The molecule has 124 valence electrons. The van der Waals surface area contributed by atoms with Gasteiger partial charge in [-0.05, 0) is 38.8 Å². The Morgan fingerprint density at radius 2 is 1.96 bits per heavy atom. The van der Waals surface area contributed by atoms with Gasteiger partial charge in [-0.3, -0.25) is 0 Å². The number of hydrogen-bond donors (Lipinski definition) is 0. The van der Waals surface area contributed by atoms with Gasteiger partial charge in [0.1, 0.15) is 5.82 Å². The van der Waals surface area contributed by atoms with Crippen LogP contribution < -0.4 is 0 Å². The topological polar surface area (TPSA) is 55.2 Å². The summed E-state index contributed by atoms with van der Waals surface area (Å²) in [5, 5.41) is 0. The lowest BCUT2D eigenvalue weighted by molar-refractivity contribution is 0.302. The van der Waals surface area contributed by atoms with E-state index < -0.39 is 10.0 Å². The second-order valence-electron chi connectivity index (χ2n) is 6.30. The molecule has 1 aromatic heterocycles. The highest BCUT2D eigenvalue weighted by molar-refractivity contribution is 7.89. The van der Waals surface area contributed by atoms with E-state index in [2.05, 4.69) is 23.4 Å². The molecule has 3 rings (SSSR count). The molecule has 1 fully saturated rings. The van der Waals surface area contributed by atoms with Gasteiger partial charge in [-0.15, -0.1) is 0 Å². The van der Waals surface area contributed by atoms with Gasteiger partial charge in [0.25, 0.3) is 0 Å². The molecule has 0 bridgehead atoms. The Kier molecular flexibility index (Phi) is 4.55. The van der Waals surface area contributed by atoms with Gasteiger partial charge < -0.3 is 4.57 Å². The molecular weight excluding hydrogens is 310 g/mol. The summed E-state index contributed by atoms with van der Waals surface area (Å²) in [7, 11) is -3.42. The van der Waals surface area contributed by atoms with E-state index in [1.165, 1.54) is 0 Å². The summed E-state index contributed by atoms with van der Waals surface area (Å²) in [6.07, 6.45) is 5.62. The van der Waals surface area contributed by atoms with Crippen molar-refractivity contribution in [3.05, 3.63) is 48.5 Å². The second-order valence-corrected chi connectivity index (χ2v) is 8.24. The van der Waals surface area contributed by atoms with Crippen LogP contribution in [0.2, 0.25) is 0 Å². The molecule has 0 N–H and O–H groups in total. The van der Waals surface area contributed by atoms with Gasteiger partial charge in [-0.25, -0.2) is 13.4 Å². The van der Waals surface area contributed by atoms with Crippen molar-refractivity contribution in [3.63, 3.8) is 0 Å². The number of aromatic nitrogens is 2. The minimum absolute atomic E-state index is 0.152. The monoisotopic (exact) mass is 333 g/mol. The van der Waals surface area contributed by atoms with Crippen LogP contribution in [-0.4, -0.2) is 35.4 Å². The Hall–Kier alpha value is -1.66. The predicted octanol–water partition coefficient (Wildman–Crippen LogP) is 3.03. The standard InChI is InChI=1S/C17H23N3O2S/c1-14(2)20-12-10-18-17(20)15-7-6-11-19(13-15)23(21,22)16-8-4-3-5-9-16/h3-5,8-10,12,14-15H,6-7,11,13H2,1-2H3. The number of sulfonamides is 1. The Morgan fingerprint density at radius 1 is 1.22 bits per heavy atom. The average Bonchev–Trinajstić information content (AvgIpc) is 3.06. The van der Waals surface area contributed by atoms with Gasteiger partial charge in [0.15, 0.2) is 0 Å². The van der Waals surface area contributed by atoms with Gasteiger partial charge in [0, 0.05) is 37.4 Å². The maximum atomic E-state index is 12.8. The summed E-state index contributed by atoms with van der Waals surface area (Å²) in [6, 6.07) is 9.01. The summed E-state index contributed by atoms with van der Waals surface area (Å²) in [4.78, 5) is 4.86. The van der Waals surface area contributed by atoms with Crippen molar-refractivity contribution >= 4 is 10.0 Å². The van der Waals surface area contributed by atoms with Crippen LogP contribution in [0.1, 0.15) is 44.5 Å². The summed E-state index contributed by atoms with van der Waals surface area (Å²) in [5.74, 6) is 1.15. The molecule has 0 saturated carbocycles. The Bertz CT molecular complexity index is 753.